The highest BCUT2D eigenvalue weighted by Gasteiger charge is 2.29. The number of hydrogen-bond donors (Lipinski definition) is 0. The van der Waals surface area contributed by atoms with Crippen LogP contribution in [-0.2, 0) is 4.52 Å². The van der Waals surface area contributed by atoms with Crippen molar-refractivity contribution < 1.29 is 4.52 Å². The van der Waals surface area contributed by atoms with Crippen molar-refractivity contribution in [2.75, 3.05) is 0 Å². The van der Waals surface area contributed by atoms with E-state index in [2.05, 4.69) is 9.47 Å². The van der Waals surface area contributed by atoms with E-state index in [1.807, 2.05) is 38.7 Å². The molecule has 0 saturated heterocycles. The second-order valence-corrected chi connectivity index (χ2v) is 4.41. The third-order valence-electron chi connectivity index (χ3n) is 2.00. The van der Waals surface area contributed by atoms with Gasteiger partial charge in [0.1, 0.15) is 5.50 Å². The molecular formula is C9H18ClN2OP. The van der Waals surface area contributed by atoms with Crippen LogP contribution < -0.4 is 0 Å². The molecule has 82 valence electrons. The van der Waals surface area contributed by atoms with Gasteiger partial charge in [0, 0.05) is 21.6 Å². The van der Waals surface area contributed by atoms with Gasteiger partial charge in [0.2, 0.25) is 0 Å². The van der Waals surface area contributed by atoms with Crippen LogP contribution in [0.15, 0.2) is 0 Å². The standard InChI is InChI=1S/C9H18ClN2OP/c1-6(2)12(7(3)4)9(10)8(5-11)13-14/h6-9H,14H2,1-4H3. The zero-order chi connectivity index (χ0) is 11.3. The van der Waals surface area contributed by atoms with Crippen LogP contribution in [0.2, 0.25) is 0 Å². The van der Waals surface area contributed by atoms with Crippen molar-refractivity contribution in [3.63, 3.8) is 0 Å². The molecule has 0 fully saturated rings. The highest BCUT2D eigenvalue weighted by atomic mass is 35.5. The number of nitriles is 1. The van der Waals surface area contributed by atoms with Gasteiger partial charge in [-0.1, -0.05) is 0 Å². The lowest BCUT2D eigenvalue weighted by Crippen LogP contribution is -2.47. The van der Waals surface area contributed by atoms with Crippen molar-refractivity contribution in [1.29, 1.82) is 5.26 Å². The van der Waals surface area contributed by atoms with Gasteiger partial charge in [0.25, 0.3) is 0 Å². The first-order valence-corrected chi connectivity index (χ1v) is 5.53. The Morgan fingerprint density at radius 2 is 1.71 bits per heavy atom. The van der Waals surface area contributed by atoms with E-state index in [1.165, 1.54) is 0 Å². The third-order valence-corrected chi connectivity index (χ3v) is 2.75. The molecule has 0 aliphatic heterocycles. The largest absolute Gasteiger partial charge is 0.345 e. The average Bonchev–Trinajstić information content (AvgIpc) is 2.04. The summed E-state index contributed by atoms with van der Waals surface area (Å²) in [5.41, 5.74) is -0.419. The lowest BCUT2D eigenvalue weighted by Gasteiger charge is -2.35. The maximum atomic E-state index is 8.81. The van der Waals surface area contributed by atoms with Crippen LogP contribution >= 0.6 is 21.1 Å². The maximum absolute atomic E-state index is 8.81. The van der Waals surface area contributed by atoms with Gasteiger partial charge in [-0.3, -0.25) is 4.90 Å². The van der Waals surface area contributed by atoms with Crippen LogP contribution in [0.4, 0.5) is 0 Å². The summed E-state index contributed by atoms with van der Waals surface area (Å²) in [5, 5.41) is 8.81. The molecule has 0 N–H and O–H groups in total. The van der Waals surface area contributed by atoms with Crippen molar-refractivity contribution in [1.82, 2.24) is 4.90 Å². The van der Waals surface area contributed by atoms with E-state index < -0.39 is 11.6 Å². The fourth-order valence-corrected chi connectivity index (χ4v) is 2.35. The van der Waals surface area contributed by atoms with E-state index in [4.69, 9.17) is 21.4 Å². The topological polar surface area (TPSA) is 36.3 Å². The zero-order valence-corrected chi connectivity index (χ0v) is 11.0. The van der Waals surface area contributed by atoms with Crippen LogP contribution in [-0.4, -0.2) is 28.6 Å². The molecule has 0 aromatic rings. The molecule has 0 aromatic carbocycles. The molecule has 0 aromatic heterocycles. The second kappa shape index (κ2) is 6.58. The number of nitrogens with zero attached hydrogens (tertiary/aromatic N) is 2. The number of rotatable bonds is 5. The van der Waals surface area contributed by atoms with Crippen molar-refractivity contribution in [2.24, 2.45) is 0 Å². The Morgan fingerprint density at radius 1 is 1.29 bits per heavy atom. The van der Waals surface area contributed by atoms with E-state index >= 15 is 0 Å². The van der Waals surface area contributed by atoms with Crippen LogP contribution in [0.5, 0.6) is 0 Å². The molecule has 0 bridgehead atoms. The van der Waals surface area contributed by atoms with Gasteiger partial charge in [-0.2, -0.15) is 5.26 Å². The van der Waals surface area contributed by atoms with E-state index in [9.17, 15) is 0 Å². The minimum absolute atomic E-state index is 0.286. The van der Waals surface area contributed by atoms with Gasteiger partial charge in [-0.05, 0) is 27.7 Å². The molecule has 0 rings (SSSR count). The minimum Gasteiger partial charge on any atom is -0.345 e. The minimum atomic E-state index is -0.619. The number of halogens is 1. The smallest absolute Gasteiger partial charge is 0.176 e. The lowest BCUT2D eigenvalue weighted by atomic mass is 10.2. The Kier molecular flexibility index (Phi) is 6.64. The summed E-state index contributed by atoms with van der Waals surface area (Å²) in [5.74, 6) is 0. The third kappa shape index (κ3) is 3.71. The van der Waals surface area contributed by atoms with Gasteiger partial charge in [-0.15, -0.1) is 11.6 Å². The predicted octanol–water partition coefficient (Wildman–Crippen LogP) is 2.37. The Hall–Kier alpha value is 0.130. The Morgan fingerprint density at radius 3 is 1.93 bits per heavy atom. The maximum Gasteiger partial charge on any atom is 0.176 e. The fourth-order valence-electron chi connectivity index (χ4n) is 1.48. The molecular weight excluding hydrogens is 219 g/mol. The molecule has 3 nitrogen and oxygen atoms in total. The fraction of sp³-hybridized carbons (Fsp3) is 0.889. The summed E-state index contributed by atoms with van der Waals surface area (Å²) in [6, 6.07) is 2.60. The summed E-state index contributed by atoms with van der Waals surface area (Å²) in [6.45, 7) is 8.19. The van der Waals surface area contributed by atoms with Crippen LogP contribution in [0.25, 0.3) is 0 Å². The molecule has 14 heavy (non-hydrogen) atoms. The van der Waals surface area contributed by atoms with E-state index in [0.29, 0.717) is 0 Å². The molecule has 0 amide bonds. The van der Waals surface area contributed by atoms with Gasteiger partial charge in [0.15, 0.2) is 6.10 Å². The summed E-state index contributed by atoms with van der Waals surface area (Å²) in [4.78, 5) is 2.04. The van der Waals surface area contributed by atoms with Crippen molar-refractivity contribution in [3.05, 3.63) is 0 Å². The highest BCUT2D eigenvalue weighted by Crippen LogP contribution is 2.20. The molecule has 0 aliphatic rings. The highest BCUT2D eigenvalue weighted by molar-refractivity contribution is 7.09. The van der Waals surface area contributed by atoms with Crippen LogP contribution in [0.3, 0.4) is 0 Å². The Bertz CT molecular complexity index is 197. The van der Waals surface area contributed by atoms with Crippen molar-refractivity contribution in [2.45, 2.75) is 51.4 Å². The van der Waals surface area contributed by atoms with E-state index in [-0.39, 0.29) is 12.1 Å². The van der Waals surface area contributed by atoms with Crippen molar-refractivity contribution in [3.8, 4) is 6.07 Å². The molecule has 5 heteroatoms. The molecule has 0 aliphatic carbocycles. The molecule has 0 radical (unpaired) electrons. The van der Waals surface area contributed by atoms with Gasteiger partial charge in [-0.25, -0.2) is 0 Å². The molecule has 0 saturated carbocycles. The number of hydrogen-bond acceptors (Lipinski definition) is 3. The molecule has 3 unspecified atom stereocenters. The summed E-state index contributed by atoms with van der Waals surface area (Å²) in [6.07, 6.45) is -0.619. The summed E-state index contributed by atoms with van der Waals surface area (Å²) >= 11 is 6.17. The van der Waals surface area contributed by atoms with Crippen molar-refractivity contribution >= 4 is 21.1 Å². The van der Waals surface area contributed by atoms with Gasteiger partial charge < -0.3 is 4.52 Å². The zero-order valence-electron chi connectivity index (χ0n) is 9.07. The predicted molar refractivity (Wildman–Crippen MR) is 61.9 cm³/mol. The normalized spacial score (nSPS) is 16.0. The lowest BCUT2D eigenvalue weighted by molar-refractivity contribution is 0.101. The second-order valence-electron chi connectivity index (χ2n) is 3.69. The average molecular weight is 237 g/mol. The van der Waals surface area contributed by atoms with E-state index in [1.54, 1.807) is 0 Å². The van der Waals surface area contributed by atoms with Gasteiger partial charge in [0.05, 0.1) is 6.07 Å². The van der Waals surface area contributed by atoms with Crippen LogP contribution in [0.1, 0.15) is 27.7 Å². The first-order valence-electron chi connectivity index (χ1n) is 4.62. The summed E-state index contributed by atoms with van der Waals surface area (Å²) in [7, 11) is 2.08. The SMILES string of the molecule is CC(C)N(C(C)C)C(Cl)C(C#N)OP. The Labute approximate surface area is 93.6 Å². The monoisotopic (exact) mass is 236 g/mol. The number of alkyl halides is 1. The summed E-state index contributed by atoms with van der Waals surface area (Å²) < 4.78 is 4.92. The van der Waals surface area contributed by atoms with E-state index in [0.717, 1.165) is 0 Å². The van der Waals surface area contributed by atoms with Gasteiger partial charge >= 0.3 is 0 Å². The quantitative estimate of drug-likeness (QED) is 0.418. The Balaban J connectivity index is 4.59. The molecule has 0 heterocycles. The van der Waals surface area contributed by atoms with Crippen LogP contribution in [0, 0.1) is 11.3 Å². The molecule has 3 atom stereocenters. The first kappa shape index (κ1) is 14.1. The first-order chi connectivity index (χ1) is 6.45. The molecule has 0 spiro atoms.